The van der Waals surface area contributed by atoms with Crippen molar-refractivity contribution in [3.05, 3.63) is 17.8 Å². The third kappa shape index (κ3) is 6.12. The lowest BCUT2D eigenvalue weighted by molar-refractivity contribution is -0.0410. The summed E-state index contributed by atoms with van der Waals surface area (Å²) in [6.45, 7) is 9.38. The molecule has 1 aromatic rings. The molecule has 0 amide bonds. The lowest BCUT2D eigenvalue weighted by atomic mass is 10.1. The molecule has 1 aliphatic rings. The van der Waals surface area contributed by atoms with Crippen LogP contribution in [0.1, 0.15) is 19.4 Å². The molecule has 0 radical (unpaired) electrons. The number of pyridine rings is 1. The number of piperazine rings is 1. The summed E-state index contributed by atoms with van der Waals surface area (Å²) in [5.41, 5.74) is 0.184. The highest BCUT2D eigenvalue weighted by Gasteiger charge is 2.33. The number of anilines is 1. The summed E-state index contributed by atoms with van der Waals surface area (Å²) in [4.78, 5) is 6.80. The average Bonchev–Trinajstić information content (AvgIpc) is 2.73. The highest BCUT2D eigenvalue weighted by atomic mass is 32.2. The van der Waals surface area contributed by atoms with Gasteiger partial charge in [0.05, 0.1) is 13.2 Å². The van der Waals surface area contributed by atoms with Crippen LogP contribution < -0.4 is 5.32 Å². The van der Waals surface area contributed by atoms with Gasteiger partial charge in [-0.1, -0.05) is 0 Å². The maximum Gasteiger partial charge on any atom is 0.246 e. The first-order valence-electron chi connectivity index (χ1n) is 10.1. The minimum atomic E-state index is -3.68. The first-order valence-corrected chi connectivity index (χ1v) is 11.6. The molecule has 2 unspecified atom stereocenters. The lowest BCUT2D eigenvalue weighted by Gasteiger charge is -2.37. The highest BCUT2D eigenvalue weighted by molar-refractivity contribution is 7.89. The fourth-order valence-electron chi connectivity index (χ4n) is 3.50. The van der Waals surface area contributed by atoms with Crippen LogP contribution in [0.4, 0.5) is 5.82 Å². The van der Waals surface area contributed by atoms with Crippen molar-refractivity contribution in [2.24, 2.45) is 0 Å². The smallest absolute Gasteiger partial charge is 0.246 e. The van der Waals surface area contributed by atoms with Crippen molar-refractivity contribution >= 4 is 15.8 Å². The molecule has 0 saturated carbocycles. The first kappa shape index (κ1) is 25.0. The zero-order valence-electron chi connectivity index (χ0n) is 19.0. The number of hydrogen-bond acceptors (Lipinski definition) is 8. The molecule has 1 fully saturated rings. The largest absolute Gasteiger partial charge is 0.383 e. The number of rotatable bonds is 11. The summed E-state index contributed by atoms with van der Waals surface area (Å²) in [5.74, 6) is 0.329. The van der Waals surface area contributed by atoms with Gasteiger partial charge in [-0.15, -0.1) is 0 Å². The Labute approximate surface area is 180 Å². The van der Waals surface area contributed by atoms with E-state index in [1.807, 2.05) is 13.8 Å². The molecule has 1 aromatic heterocycles. The van der Waals surface area contributed by atoms with Crippen molar-refractivity contribution in [3.8, 4) is 0 Å². The molecule has 0 spiro atoms. The number of aromatic nitrogens is 1. The lowest BCUT2D eigenvalue weighted by Crippen LogP contribution is -2.52. The summed E-state index contributed by atoms with van der Waals surface area (Å²) >= 11 is 0. The Kier molecular flexibility index (Phi) is 9.01. The molecule has 172 valence electrons. The quantitative estimate of drug-likeness (QED) is 0.544. The monoisotopic (exact) mass is 444 g/mol. The van der Waals surface area contributed by atoms with E-state index in [9.17, 15) is 8.42 Å². The maximum atomic E-state index is 13.4. The number of ether oxygens (including phenoxy) is 3. The van der Waals surface area contributed by atoms with Crippen molar-refractivity contribution in [3.63, 3.8) is 0 Å². The molecule has 1 saturated heterocycles. The Morgan fingerprint density at radius 1 is 1.20 bits per heavy atom. The average molecular weight is 445 g/mol. The van der Waals surface area contributed by atoms with Gasteiger partial charge >= 0.3 is 0 Å². The summed E-state index contributed by atoms with van der Waals surface area (Å²) in [5, 5.41) is 3.16. The van der Waals surface area contributed by atoms with E-state index in [1.165, 1.54) is 4.31 Å². The second-order valence-electron chi connectivity index (χ2n) is 8.04. The van der Waals surface area contributed by atoms with Gasteiger partial charge in [-0.3, -0.25) is 4.90 Å². The van der Waals surface area contributed by atoms with Crippen LogP contribution in [0.5, 0.6) is 0 Å². The van der Waals surface area contributed by atoms with E-state index in [2.05, 4.69) is 22.1 Å². The molecule has 0 aromatic carbocycles. The SMILES string of the molecule is COCC(C)N1CCN(S(=O)(=O)c2cc(C)cnc2NCC(C)(COC)OC)CC1. The molecule has 0 aliphatic carbocycles. The van der Waals surface area contributed by atoms with Crippen LogP contribution in [0.25, 0.3) is 0 Å². The Morgan fingerprint density at radius 2 is 1.87 bits per heavy atom. The van der Waals surface area contributed by atoms with Gasteiger partial charge in [-0.25, -0.2) is 13.4 Å². The van der Waals surface area contributed by atoms with Crippen LogP contribution in [0.15, 0.2) is 17.2 Å². The van der Waals surface area contributed by atoms with Crippen molar-refractivity contribution in [2.75, 3.05) is 72.6 Å². The van der Waals surface area contributed by atoms with Crippen LogP contribution in [0.2, 0.25) is 0 Å². The minimum absolute atomic E-state index is 0.191. The van der Waals surface area contributed by atoms with Crippen LogP contribution in [0.3, 0.4) is 0 Å². The molecule has 30 heavy (non-hydrogen) atoms. The Morgan fingerprint density at radius 3 is 2.43 bits per heavy atom. The van der Waals surface area contributed by atoms with Crippen LogP contribution in [-0.2, 0) is 24.2 Å². The topological polar surface area (TPSA) is 93.2 Å². The van der Waals surface area contributed by atoms with Crippen LogP contribution >= 0.6 is 0 Å². The third-order valence-corrected chi connectivity index (χ3v) is 7.40. The molecule has 2 rings (SSSR count). The number of nitrogens with zero attached hydrogens (tertiary/aromatic N) is 3. The number of hydrogen-bond donors (Lipinski definition) is 1. The van der Waals surface area contributed by atoms with Crippen molar-refractivity contribution in [2.45, 2.75) is 37.3 Å². The van der Waals surface area contributed by atoms with Gasteiger partial charge in [-0.05, 0) is 32.4 Å². The summed E-state index contributed by atoms with van der Waals surface area (Å²) in [6, 6.07) is 1.93. The fraction of sp³-hybridized carbons (Fsp3) is 0.750. The van der Waals surface area contributed by atoms with Gasteiger partial charge in [0.15, 0.2) is 0 Å². The molecule has 1 aliphatic heterocycles. The number of sulfonamides is 1. The van der Waals surface area contributed by atoms with Gasteiger partial charge in [0.1, 0.15) is 16.3 Å². The summed E-state index contributed by atoms with van der Waals surface area (Å²) < 4.78 is 44.4. The van der Waals surface area contributed by atoms with Gasteiger partial charge in [-0.2, -0.15) is 4.31 Å². The van der Waals surface area contributed by atoms with Crippen molar-refractivity contribution in [1.82, 2.24) is 14.2 Å². The molecule has 9 nitrogen and oxygen atoms in total. The fourth-order valence-corrected chi connectivity index (χ4v) is 5.13. The number of nitrogens with one attached hydrogen (secondary N) is 1. The number of aryl methyl sites for hydroxylation is 1. The molecule has 0 bridgehead atoms. The molecular formula is C20H36N4O5S. The van der Waals surface area contributed by atoms with E-state index < -0.39 is 15.6 Å². The van der Waals surface area contributed by atoms with Crippen molar-refractivity contribution in [1.29, 1.82) is 0 Å². The Bertz CT molecular complexity index is 783. The van der Waals surface area contributed by atoms with Gasteiger partial charge < -0.3 is 19.5 Å². The van der Waals surface area contributed by atoms with Gasteiger partial charge in [0.2, 0.25) is 10.0 Å². The molecule has 1 N–H and O–H groups in total. The van der Waals surface area contributed by atoms with Crippen LogP contribution in [0, 0.1) is 6.92 Å². The second kappa shape index (κ2) is 10.8. The molecule has 2 atom stereocenters. The van der Waals surface area contributed by atoms with E-state index in [0.717, 1.165) is 5.56 Å². The Hall–Kier alpha value is -1.30. The maximum absolute atomic E-state index is 13.4. The van der Waals surface area contributed by atoms with E-state index in [-0.39, 0.29) is 10.9 Å². The summed E-state index contributed by atoms with van der Waals surface area (Å²) in [6.07, 6.45) is 1.66. The molecule has 10 heteroatoms. The van der Waals surface area contributed by atoms with E-state index in [4.69, 9.17) is 14.2 Å². The third-order valence-electron chi connectivity index (χ3n) is 5.48. The standard InChI is InChI=1S/C20H36N4O5S/c1-16-11-18(19(21-12-16)22-14-20(3,29-6)15-28-5)30(25,26)24-9-7-23(8-10-24)17(2)13-27-4/h11-12,17H,7-10,13-15H2,1-6H3,(H,21,22). The molecule has 2 heterocycles. The van der Waals surface area contributed by atoms with Gasteiger partial charge in [0.25, 0.3) is 0 Å². The van der Waals surface area contributed by atoms with Gasteiger partial charge in [0, 0.05) is 66.3 Å². The zero-order valence-corrected chi connectivity index (χ0v) is 19.8. The Balaban J connectivity index is 2.18. The predicted octanol–water partition coefficient (Wildman–Crippen LogP) is 1.19. The number of methoxy groups -OCH3 is 3. The zero-order chi connectivity index (χ0) is 22.4. The predicted molar refractivity (Wildman–Crippen MR) is 116 cm³/mol. The first-order chi connectivity index (χ1) is 14.2. The summed E-state index contributed by atoms with van der Waals surface area (Å²) in [7, 11) is 1.20. The van der Waals surface area contributed by atoms with E-state index in [0.29, 0.717) is 51.8 Å². The minimum Gasteiger partial charge on any atom is -0.383 e. The van der Waals surface area contributed by atoms with Crippen molar-refractivity contribution < 1.29 is 22.6 Å². The van der Waals surface area contributed by atoms with E-state index >= 15 is 0 Å². The normalized spacial score (nSPS) is 19.4. The second-order valence-corrected chi connectivity index (χ2v) is 9.95. The van der Waals surface area contributed by atoms with Crippen LogP contribution in [-0.4, -0.2) is 102 Å². The van der Waals surface area contributed by atoms with E-state index in [1.54, 1.807) is 33.6 Å². The highest BCUT2D eigenvalue weighted by Crippen LogP contribution is 2.26. The molecular weight excluding hydrogens is 408 g/mol.